The molecule has 1 saturated heterocycles. The summed E-state index contributed by atoms with van der Waals surface area (Å²) in [6, 6.07) is 15.4. The van der Waals surface area contributed by atoms with Crippen LogP contribution in [0.4, 0.5) is 0 Å². The number of imidazole rings is 1. The highest BCUT2D eigenvalue weighted by atomic mass is 16.3. The Balaban J connectivity index is 1.19. The Kier molecular flexibility index (Phi) is 6.30. The lowest BCUT2D eigenvalue weighted by atomic mass is 9.86. The van der Waals surface area contributed by atoms with Crippen LogP contribution >= 0.6 is 0 Å². The topological polar surface area (TPSA) is 101 Å². The molecule has 34 heavy (non-hydrogen) atoms. The number of carbonyl (C=O) groups excluding carboxylic acids is 2. The van der Waals surface area contributed by atoms with Gasteiger partial charge in [-0.25, -0.2) is 4.98 Å². The number of benzene rings is 2. The van der Waals surface area contributed by atoms with Gasteiger partial charge < -0.3 is 20.2 Å². The van der Waals surface area contributed by atoms with Gasteiger partial charge >= 0.3 is 0 Å². The summed E-state index contributed by atoms with van der Waals surface area (Å²) in [5.74, 6) is -0.248. The van der Waals surface area contributed by atoms with Crippen molar-refractivity contribution in [3.8, 4) is 11.3 Å². The summed E-state index contributed by atoms with van der Waals surface area (Å²) in [5, 5.41) is 11.2. The first-order valence-corrected chi connectivity index (χ1v) is 11.9. The molecule has 3 N–H and O–H groups in total. The summed E-state index contributed by atoms with van der Waals surface area (Å²) < 4.78 is 2.18. The first-order chi connectivity index (χ1) is 16.5. The van der Waals surface area contributed by atoms with E-state index in [1.165, 1.54) is 11.1 Å². The number of primary amides is 1. The molecule has 2 aromatic carbocycles. The van der Waals surface area contributed by atoms with Crippen LogP contribution in [0.15, 0.2) is 61.1 Å². The van der Waals surface area contributed by atoms with E-state index in [1.54, 1.807) is 12.1 Å². The van der Waals surface area contributed by atoms with Gasteiger partial charge in [-0.1, -0.05) is 36.4 Å². The molecule has 3 atom stereocenters. The zero-order valence-corrected chi connectivity index (χ0v) is 19.1. The van der Waals surface area contributed by atoms with Crippen LogP contribution in [0.25, 0.3) is 11.3 Å². The molecular formula is C27H30N4O3. The van der Waals surface area contributed by atoms with Crippen LogP contribution in [-0.4, -0.2) is 57.0 Å². The Morgan fingerprint density at radius 1 is 1.15 bits per heavy atom. The second kappa shape index (κ2) is 9.52. The zero-order valence-electron chi connectivity index (χ0n) is 19.1. The van der Waals surface area contributed by atoms with Gasteiger partial charge in [0.2, 0.25) is 5.91 Å². The molecule has 0 aliphatic carbocycles. The fourth-order valence-electron chi connectivity index (χ4n) is 5.54. The molecule has 1 fully saturated rings. The van der Waals surface area contributed by atoms with Gasteiger partial charge in [-0.05, 0) is 68.0 Å². The highest BCUT2D eigenvalue weighted by Crippen LogP contribution is 2.42. The van der Waals surface area contributed by atoms with Gasteiger partial charge in [0.15, 0.2) is 0 Å². The highest BCUT2D eigenvalue weighted by Gasteiger charge is 2.34. The molecule has 2 aliphatic rings. The van der Waals surface area contributed by atoms with Crippen molar-refractivity contribution in [1.29, 1.82) is 0 Å². The molecule has 0 spiro atoms. The van der Waals surface area contributed by atoms with Crippen LogP contribution in [0.2, 0.25) is 0 Å². The lowest BCUT2D eigenvalue weighted by Crippen LogP contribution is -2.45. The van der Waals surface area contributed by atoms with Crippen molar-refractivity contribution < 1.29 is 14.7 Å². The molecule has 0 radical (unpaired) electrons. The number of aliphatic hydroxyl groups excluding tert-OH is 1. The second-order valence-corrected chi connectivity index (χ2v) is 9.43. The van der Waals surface area contributed by atoms with E-state index in [2.05, 4.69) is 32.7 Å². The maximum atomic E-state index is 11.9. The molecule has 7 nitrogen and oxygen atoms in total. The molecule has 7 heteroatoms. The number of carbonyl (C=O) groups is 2. The van der Waals surface area contributed by atoms with Crippen LogP contribution in [0.3, 0.4) is 0 Å². The summed E-state index contributed by atoms with van der Waals surface area (Å²) in [6.45, 7) is 1.56. The number of rotatable bonds is 8. The van der Waals surface area contributed by atoms with Crippen molar-refractivity contribution in [2.45, 2.75) is 43.9 Å². The number of piperidine rings is 1. The predicted molar refractivity (Wildman–Crippen MR) is 129 cm³/mol. The van der Waals surface area contributed by atoms with Crippen molar-refractivity contribution in [3.63, 3.8) is 0 Å². The molecule has 2 aliphatic heterocycles. The molecule has 0 saturated carbocycles. The largest absolute Gasteiger partial charge is 0.393 e. The summed E-state index contributed by atoms with van der Waals surface area (Å²) in [5.41, 5.74) is 10.3. The molecule has 0 bridgehead atoms. The number of aromatic nitrogens is 2. The fraction of sp³-hybridized carbons (Fsp3) is 0.370. The Morgan fingerprint density at radius 2 is 1.88 bits per heavy atom. The molecule has 1 aromatic heterocycles. The van der Waals surface area contributed by atoms with Crippen molar-refractivity contribution in [2.75, 3.05) is 13.1 Å². The van der Waals surface area contributed by atoms with Gasteiger partial charge in [0.25, 0.3) is 0 Å². The van der Waals surface area contributed by atoms with E-state index >= 15 is 0 Å². The Bertz CT molecular complexity index is 1160. The number of fused-ring (bicyclic) bond motifs is 3. The first kappa shape index (κ1) is 22.5. The van der Waals surface area contributed by atoms with Crippen LogP contribution in [0, 0.1) is 5.92 Å². The lowest BCUT2D eigenvalue weighted by Gasteiger charge is -2.37. The number of amides is 1. The van der Waals surface area contributed by atoms with E-state index in [0.29, 0.717) is 18.4 Å². The molecule has 3 heterocycles. The van der Waals surface area contributed by atoms with Crippen molar-refractivity contribution in [2.24, 2.45) is 11.7 Å². The van der Waals surface area contributed by atoms with Crippen LogP contribution in [-0.2, 0) is 11.2 Å². The van der Waals surface area contributed by atoms with Crippen molar-refractivity contribution in [1.82, 2.24) is 14.5 Å². The maximum absolute atomic E-state index is 11.9. The Hall–Kier alpha value is -3.29. The molecule has 5 rings (SSSR count). The average Bonchev–Trinajstić information content (AvgIpc) is 3.45. The Labute approximate surface area is 199 Å². The lowest BCUT2D eigenvalue weighted by molar-refractivity contribution is -0.113. The third-order valence-corrected chi connectivity index (χ3v) is 7.49. The van der Waals surface area contributed by atoms with Crippen molar-refractivity contribution >= 4 is 12.2 Å². The average molecular weight is 459 g/mol. The van der Waals surface area contributed by atoms with Gasteiger partial charge in [-0.15, -0.1) is 0 Å². The normalized spacial score (nSPS) is 19.9. The number of aliphatic hydroxyl groups is 1. The third kappa shape index (κ3) is 4.29. The highest BCUT2D eigenvalue weighted by molar-refractivity contribution is 5.92. The minimum atomic E-state index is -0.454. The minimum Gasteiger partial charge on any atom is -0.393 e. The molecular weight excluding hydrogens is 428 g/mol. The molecule has 3 aromatic rings. The first-order valence-electron chi connectivity index (χ1n) is 11.9. The summed E-state index contributed by atoms with van der Waals surface area (Å²) in [4.78, 5) is 29.7. The van der Waals surface area contributed by atoms with Gasteiger partial charge in [0, 0.05) is 11.1 Å². The van der Waals surface area contributed by atoms with Gasteiger partial charge in [-0.3, -0.25) is 9.69 Å². The molecule has 1 amide bonds. The van der Waals surface area contributed by atoms with E-state index < -0.39 is 12.0 Å². The van der Waals surface area contributed by atoms with Crippen LogP contribution in [0.5, 0.6) is 0 Å². The number of nitrogens with two attached hydrogens (primary N) is 1. The van der Waals surface area contributed by atoms with E-state index in [0.717, 1.165) is 43.5 Å². The second-order valence-electron chi connectivity index (χ2n) is 9.43. The van der Waals surface area contributed by atoms with Crippen LogP contribution in [0.1, 0.15) is 46.8 Å². The minimum absolute atomic E-state index is 0.104. The van der Waals surface area contributed by atoms with Crippen molar-refractivity contribution in [3.05, 3.63) is 77.7 Å². The SMILES string of the molecule is NC(=O)c1ccc(CC(C=O)N2CCC(C(O)CC3c4ccccc4-c4cncn43)CC2)cc1. The van der Waals surface area contributed by atoms with Gasteiger partial charge in [0.1, 0.15) is 6.29 Å². The smallest absolute Gasteiger partial charge is 0.248 e. The number of hydrogen-bond acceptors (Lipinski definition) is 5. The fourth-order valence-corrected chi connectivity index (χ4v) is 5.54. The molecule has 3 unspecified atom stereocenters. The number of aldehydes is 1. The maximum Gasteiger partial charge on any atom is 0.248 e. The van der Waals surface area contributed by atoms with E-state index in [9.17, 15) is 14.7 Å². The van der Waals surface area contributed by atoms with E-state index in [1.807, 2.05) is 30.7 Å². The monoisotopic (exact) mass is 458 g/mol. The summed E-state index contributed by atoms with van der Waals surface area (Å²) in [7, 11) is 0. The number of hydrogen-bond donors (Lipinski definition) is 2. The summed E-state index contributed by atoms with van der Waals surface area (Å²) in [6.07, 6.45) is 7.32. The van der Waals surface area contributed by atoms with Gasteiger partial charge in [0.05, 0.1) is 36.4 Å². The number of nitrogens with zero attached hydrogens (tertiary/aromatic N) is 3. The number of likely N-dealkylation sites (tertiary alicyclic amines) is 1. The predicted octanol–water partition coefficient (Wildman–Crippen LogP) is 2.83. The van der Waals surface area contributed by atoms with E-state index in [4.69, 9.17) is 5.73 Å². The van der Waals surface area contributed by atoms with Gasteiger partial charge in [-0.2, -0.15) is 0 Å². The Morgan fingerprint density at radius 3 is 2.59 bits per heavy atom. The quantitative estimate of drug-likeness (QED) is 0.506. The summed E-state index contributed by atoms with van der Waals surface area (Å²) >= 11 is 0. The third-order valence-electron chi connectivity index (χ3n) is 7.49. The zero-order chi connectivity index (χ0) is 23.7. The molecule has 176 valence electrons. The standard InChI is InChI=1S/C27H30N4O3/c28-27(34)20-7-5-18(6-8-20)13-21(16-32)30-11-9-19(10-12-30)26(33)14-24-22-3-1-2-4-23(22)25-15-29-17-31(24)25/h1-8,15-17,19,21,24,26,33H,9-14H2,(H2,28,34). The van der Waals surface area contributed by atoms with Crippen LogP contribution < -0.4 is 5.73 Å². The van der Waals surface area contributed by atoms with E-state index in [-0.39, 0.29) is 18.0 Å².